The lowest BCUT2D eigenvalue weighted by Crippen LogP contribution is -2.15. The van der Waals surface area contributed by atoms with Crippen LogP contribution < -0.4 is 0 Å². The highest BCUT2D eigenvalue weighted by atomic mass is 14.7. The fraction of sp³-hybridized carbons (Fsp3) is 0.292. The molecule has 0 amide bonds. The zero-order chi connectivity index (χ0) is 17.8. The van der Waals surface area contributed by atoms with Gasteiger partial charge in [-0.05, 0) is 45.4 Å². The third-order valence-corrected chi connectivity index (χ3v) is 5.51. The van der Waals surface area contributed by atoms with Gasteiger partial charge in [-0.2, -0.15) is 0 Å². The molecule has 0 spiro atoms. The summed E-state index contributed by atoms with van der Waals surface area (Å²) in [7, 11) is 0. The SMILES string of the molecule is CC(C)(C)c1ccc(-c2ccc3c(c2)C(C)(C)c2ccccc2-3)nc1. The van der Waals surface area contributed by atoms with Crippen molar-refractivity contribution >= 4 is 0 Å². The molecule has 1 aliphatic rings. The number of hydrogen-bond acceptors (Lipinski definition) is 1. The number of pyridine rings is 1. The molecule has 25 heavy (non-hydrogen) atoms. The Labute approximate surface area is 150 Å². The Morgan fingerprint density at radius 1 is 0.800 bits per heavy atom. The average Bonchev–Trinajstić information content (AvgIpc) is 2.82. The summed E-state index contributed by atoms with van der Waals surface area (Å²) in [6, 6.07) is 19.9. The molecule has 0 N–H and O–H groups in total. The summed E-state index contributed by atoms with van der Waals surface area (Å²) in [5.41, 5.74) is 9.21. The molecule has 0 atom stereocenters. The first-order chi connectivity index (χ1) is 11.8. The van der Waals surface area contributed by atoms with Crippen LogP contribution in [0.2, 0.25) is 0 Å². The highest BCUT2D eigenvalue weighted by Crippen LogP contribution is 2.49. The molecule has 0 saturated carbocycles. The largest absolute Gasteiger partial charge is 0.256 e. The molecule has 1 heteroatoms. The molecule has 1 aliphatic carbocycles. The van der Waals surface area contributed by atoms with Crippen molar-refractivity contribution in [2.45, 2.75) is 45.4 Å². The molecule has 126 valence electrons. The van der Waals surface area contributed by atoms with E-state index in [9.17, 15) is 0 Å². The van der Waals surface area contributed by atoms with Gasteiger partial charge in [0, 0.05) is 17.2 Å². The van der Waals surface area contributed by atoms with E-state index in [1.807, 2.05) is 6.20 Å². The zero-order valence-corrected chi connectivity index (χ0v) is 15.7. The molecule has 1 heterocycles. The number of fused-ring (bicyclic) bond motifs is 3. The van der Waals surface area contributed by atoms with E-state index in [0.29, 0.717) is 0 Å². The summed E-state index contributed by atoms with van der Waals surface area (Å²) in [6.45, 7) is 11.3. The maximum Gasteiger partial charge on any atom is 0.0702 e. The van der Waals surface area contributed by atoms with Crippen LogP contribution in [0.15, 0.2) is 60.8 Å². The van der Waals surface area contributed by atoms with Crippen LogP contribution in [0.3, 0.4) is 0 Å². The minimum atomic E-state index is 0.0350. The topological polar surface area (TPSA) is 12.9 Å². The summed E-state index contributed by atoms with van der Waals surface area (Å²) >= 11 is 0. The second-order valence-electron chi connectivity index (χ2n) is 8.61. The smallest absolute Gasteiger partial charge is 0.0702 e. The van der Waals surface area contributed by atoms with Gasteiger partial charge in [-0.15, -0.1) is 0 Å². The van der Waals surface area contributed by atoms with Gasteiger partial charge in [0.1, 0.15) is 0 Å². The van der Waals surface area contributed by atoms with Gasteiger partial charge in [0.05, 0.1) is 5.69 Å². The van der Waals surface area contributed by atoms with Crippen molar-refractivity contribution in [1.29, 1.82) is 0 Å². The zero-order valence-electron chi connectivity index (χ0n) is 15.7. The van der Waals surface area contributed by atoms with Crippen molar-refractivity contribution in [3.63, 3.8) is 0 Å². The van der Waals surface area contributed by atoms with Gasteiger partial charge < -0.3 is 0 Å². The number of rotatable bonds is 1. The molecular weight excluding hydrogens is 302 g/mol. The molecule has 0 unspecified atom stereocenters. The highest BCUT2D eigenvalue weighted by Gasteiger charge is 2.35. The van der Waals surface area contributed by atoms with E-state index in [0.717, 1.165) is 5.69 Å². The maximum absolute atomic E-state index is 4.74. The normalized spacial score (nSPS) is 14.9. The molecule has 0 fully saturated rings. The maximum atomic E-state index is 4.74. The Morgan fingerprint density at radius 2 is 1.52 bits per heavy atom. The van der Waals surface area contributed by atoms with Crippen molar-refractivity contribution in [2.24, 2.45) is 0 Å². The predicted octanol–water partition coefficient (Wildman–Crippen LogP) is 6.35. The van der Waals surface area contributed by atoms with Crippen LogP contribution in [0.5, 0.6) is 0 Å². The number of benzene rings is 2. The molecule has 4 rings (SSSR count). The van der Waals surface area contributed by atoms with Crippen LogP contribution >= 0.6 is 0 Å². The Balaban J connectivity index is 1.80. The Hall–Kier alpha value is -2.41. The molecule has 0 aliphatic heterocycles. The molecular formula is C24H25N. The second kappa shape index (κ2) is 5.29. The van der Waals surface area contributed by atoms with Crippen molar-refractivity contribution in [3.8, 4) is 22.4 Å². The summed E-state index contributed by atoms with van der Waals surface area (Å²) < 4.78 is 0. The monoisotopic (exact) mass is 327 g/mol. The molecule has 1 aromatic heterocycles. The van der Waals surface area contributed by atoms with E-state index >= 15 is 0 Å². The van der Waals surface area contributed by atoms with E-state index < -0.39 is 0 Å². The third-order valence-electron chi connectivity index (χ3n) is 5.51. The highest BCUT2D eigenvalue weighted by molar-refractivity contribution is 5.83. The van der Waals surface area contributed by atoms with E-state index in [2.05, 4.69) is 89.2 Å². The summed E-state index contributed by atoms with van der Waals surface area (Å²) in [4.78, 5) is 4.74. The average molecular weight is 327 g/mol. The first-order valence-electron chi connectivity index (χ1n) is 9.00. The van der Waals surface area contributed by atoms with Gasteiger partial charge in [0.25, 0.3) is 0 Å². The number of aromatic nitrogens is 1. The van der Waals surface area contributed by atoms with Crippen molar-refractivity contribution < 1.29 is 0 Å². The number of nitrogens with zero attached hydrogens (tertiary/aromatic N) is 1. The lowest BCUT2D eigenvalue weighted by Gasteiger charge is -2.22. The van der Waals surface area contributed by atoms with Gasteiger partial charge in [-0.3, -0.25) is 4.98 Å². The minimum absolute atomic E-state index is 0.0350. The third kappa shape index (κ3) is 2.50. The molecule has 2 aromatic carbocycles. The summed E-state index contributed by atoms with van der Waals surface area (Å²) in [5, 5.41) is 0. The van der Waals surface area contributed by atoms with Crippen LogP contribution in [0.25, 0.3) is 22.4 Å². The van der Waals surface area contributed by atoms with E-state index in [1.165, 1.54) is 33.4 Å². The Bertz CT molecular complexity index is 941. The minimum Gasteiger partial charge on any atom is -0.256 e. The van der Waals surface area contributed by atoms with Crippen molar-refractivity contribution in [2.75, 3.05) is 0 Å². The van der Waals surface area contributed by atoms with Gasteiger partial charge in [-0.1, -0.05) is 77.1 Å². The first-order valence-corrected chi connectivity index (χ1v) is 9.00. The molecule has 3 aromatic rings. The predicted molar refractivity (Wildman–Crippen MR) is 106 cm³/mol. The van der Waals surface area contributed by atoms with Crippen LogP contribution in [0, 0.1) is 0 Å². The van der Waals surface area contributed by atoms with Gasteiger partial charge in [0.15, 0.2) is 0 Å². The molecule has 0 saturated heterocycles. The van der Waals surface area contributed by atoms with E-state index in [1.54, 1.807) is 0 Å². The lowest BCUT2D eigenvalue weighted by atomic mass is 9.82. The molecule has 0 bridgehead atoms. The summed E-state index contributed by atoms with van der Waals surface area (Å²) in [5.74, 6) is 0. The van der Waals surface area contributed by atoms with Crippen LogP contribution in [-0.4, -0.2) is 4.98 Å². The lowest BCUT2D eigenvalue weighted by molar-refractivity contribution is 0.587. The van der Waals surface area contributed by atoms with Gasteiger partial charge >= 0.3 is 0 Å². The Kier molecular flexibility index (Phi) is 3.40. The fourth-order valence-electron chi connectivity index (χ4n) is 3.87. The molecule has 1 nitrogen and oxygen atoms in total. The first kappa shape index (κ1) is 16.1. The Morgan fingerprint density at radius 3 is 2.20 bits per heavy atom. The standard InChI is InChI=1S/C24H25N/c1-23(2,3)17-11-13-22(25-15-17)16-10-12-19-18-8-6-7-9-20(18)24(4,5)21(19)14-16/h6-15H,1-5H3. The van der Waals surface area contributed by atoms with E-state index in [-0.39, 0.29) is 10.8 Å². The van der Waals surface area contributed by atoms with Crippen LogP contribution in [0.4, 0.5) is 0 Å². The van der Waals surface area contributed by atoms with Gasteiger partial charge in [-0.25, -0.2) is 0 Å². The molecule has 0 radical (unpaired) electrons. The van der Waals surface area contributed by atoms with Gasteiger partial charge in [0.2, 0.25) is 0 Å². The van der Waals surface area contributed by atoms with Crippen molar-refractivity contribution in [3.05, 3.63) is 77.5 Å². The van der Waals surface area contributed by atoms with Crippen LogP contribution in [0.1, 0.15) is 51.3 Å². The fourth-order valence-corrected chi connectivity index (χ4v) is 3.87. The quantitative estimate of drug-likeness (QED) is 0.507. The summed E-state index contributed by atoms with van der Waals surface area (Å²) in [6.07, 6.45) is 2.02. The van der Waals surface area contributed by atoms with Crippen molar-refractivity contribution in [1.82, 2.24) is 4.98 Å². The number of hydrogen-bond donors (Lipinski definition) is 0. The van der Waals surface area contributed by atoms with Crippen LogP contribution in [-0.2, 0) is 10.8 Å². The van der Waals surface area contributed by atoms with E-state index in [4.69, 9.17) is 4.98 Å². The second-order valence-corrected chi connectivity index (χ2v) is 8.61.